The van der Waals surface area contributed by atoms with Crippen molar-refractivity contribution in [3.63, 3.8) is 0 Å². The third-order valence-corrected chi connectivity index (χ3v) is 12.0. The average molecular weight is 838 g/mol. The van der Waals surface area contributed by atoms with Crippen LogP contribution in [0.15, 0.2) is 118 Å². The second-order valence-electron chi connectivity index (χ2n) is 11.2. The summed E-state index contributed by atoms with van der Waals surface area (Å²) in [6.45, 7) is 0.259. The maximum Gasteiger partial charge on any atom is 2.00 e. The number of carbonyl (C=O) groups is 4. The maximum atomic E-state index is 11.9. The molecule has 2 unspecified atom stereocenters. The normalized spacial score (nSPS) is 11.8. The van der Waals surface area contributed by atoms with E-state index in [0.717, 1.165) is 40.2 Å². The number of ether oxygens (including phenoxy) is 2. The van der Waals surface area contributed by atoms with Crippen molar-refractivity contribution < 1.29 is 58.3 Å². The number of hydrogen-bond acceptors (Lipinski definition) is 14. The Balaban J connectivity index is 0.000000232. The van der Waals surface area contributed by atoms with E-state index < -0.39 is 35.7 Å². The van der Waals surface area contributed by atoms with Crippen molar-refractivity contribution in [1.29, 1.82) is 0 Å². The fourth-order valence-electron chi connectivity index (χ4n) is 4.59. The van der Waals surface area contributed by atoms with Crippen LogP contribution in [0.25, 0.3) is 20.4 Å². The largest absolute Gasteiger partial charge is 2.00 e. The van der Waals surface area contributed by atoms with Crippen LogP contribution in [0.4, 0.5) is 0 Å². The van der Waals surface area contributed by atoms with Crippen LogP contribution in [0, 0.1) is 11.8 Å². The fraction of sp³-hybridized carbons (Fsp3) is 0.211. The summed E-state index contributed by atoms with van der Waals surface area (Å²) in [6.07, 6.45) is -0.430. The van der Waals surface area contributed by atoms with Crippen LogP contribution in [0.2, 0.25) is 0 Å². The van der Waals surface area contributed by atoms with Crippen LogP contribution in [0.1, 0.15) is 24.0 Å². The van der Waals surface area contributed by atoms with Gasteiger partial charge < -0.3 is 29.3 Å². The summed E-state index contributed by atoms with van der Waals surface area (Å²) in [5.41, 5.74) is 3.48. The molecule has 4 aromatic carbocycles. The molecule has 0 bridgehead atoms. The number of esters is 2. The fourth-order valence-corrected chi connectivity index (χ4v) is 8.92. The molecule has 0 aliphatic heterocycles. The average Bonchev–Trinajstić information content (AvgIpc) is 3.78. The first kappa shape index (κ1) is 41.6. The molecule has 0 spiro atoms. The first-order valence-corrected chi connectivity index (χ1v) is 19.6. The number of fused-ring (bicyclic) bond motifs is 2. The topological polar surface area (TPSA) is 159 Å². The minimum Gasteiger partial charge on any atom is -0.550 e. The van der Waals surface area contributed by atoms with Crippen molar-refractivity contribution in [2.24, 2.45) is 11.8 Å². The van der Waals surface area contributed by atoms with Gasteiger partial charge in [0.25, 0.3) is 0 Å². The first-order valence-electron chi connectivity index (χ1n) is 16.0. The van der Waals surface area contributed by atoms with Crippen LogP contribution in [-0.4, -0.2) is 45.4 Å². The number of carboxylic acid groups (broad SMARTS) is 2. The third kappa shape index (κ3) is 13.7. The standard InChI is InChI=1S/2C19H17NO4S2.Zn/c2*21-17(24-11-13-6-2-1-3-7-13)10-14(18(22)23)12-25-19-20-15-8-4-5-9-16(15)26-19;/h2*1-9,14H,10-12H2,(H,22,23);/q;;+2/p-2. The third-order valence-electron chi connectivity index (χ3n) is 7.34. The van der Waals surface area contributed by atoms with E-state index in [1.54, 1.807) is 0 Å². The number of aromatic nitrogens is 2. The Morgan fingerprint density at radius 2 is 0.925 bits per heavy atom. The second-order valence-corrected chi connectivity index (χ2v) is 15.8. The molecular formula is C38H32N2O8S4Zn. The minimum atomic E-state index is -1.25. The van der Waals surface area contributed by atoms with E-state index in [4.69, 9.17) is 9.47 Å². The molecule has 0 amide bonds. The molecule has 6 aromatic rings. The molecule has 268 valence electrons. The van der Waals surface area contributed by atoms with Crippen molar-refractivity contribution in [1.82, 2.24) is 9.97 Å². The van der Waals surface area contributed by atoms with Gasteiger partial charge in [-0.25, -0.2) is 9.97 Å². The summed E-state index contributed by atoms with van der Waals surface area (Å²) in [6, 6.07) is 33.9. The zero-order chi connectivity index (χ0) is 36.7. The number of rotatable bonds is 16. The van der Waals surface area contributed by atoms with E-state index in [0.29, 0.717) is 0 Å². The van der Waals surface area contributed by atoms with Crippen LogP contribution < -0.4 is 10.2 Å². The Morgan fingerprint density at radius 1 is 0.566 bits per heavy atom. The summed E-state index contributed by atoms with van der Waals surface area (Å²) in [5.74, 6) is -5.03. The number of benzene rings is 4. The molecule has 6 rings (SSSR count). The van der Waals surface area contributed by atoms with Gasteiger partial charge in [0.1, 0.15) is 13.2 Å². The number of carboxylic acids is 2. The van der Waals surface area contributed by atoms with Crippen LogP contribution >= 0.6 is 46.2 Å². The Kier molecular flexibility index (Phi) is 16.9. The maximum absolute atomic E-state index is 11.9. The molecule has 0 aliphatic rings. The number of thiazole rings is 2. The minimum absolute atomic E-state index is 0. The summed E-state index contributed by atoms with van der Waals surface area (Å²) < 4.78 is 13.9. The zero-order valence-corrected chi connectivity index (χ0v) is 34.5. The Hall–Kier alpha value is -4.14. The Bertz CT molecular complexity index is 1880. The quantitative estimate of drug-likeness (QED) is 0.0659. The first-order chi connectivity index (χ1) is 25.2. The van der Waals surface area contributed by atoms with Gasteiger partial charge in [-0.05, 0) is 35.4 Å². The van der Waals surface area contributed by atoms with Gasteiger partial charge in [0.05, 0.1) is 33.3 Å². The predicted molar refractivity (Wildman–Crippen MR) is 199 cm³/mol. The SMILES string of the molecule is O=C(CC(CSc1nc2ccccc2s1)C(=O)[O-])OCc1ccccc1.O=C(CC(CSc1nc2ccccc2s1)C(=O)[O-])OCc1ccccc1.[Zn+2]. The van der Waals surface area contributed by atoms with Gasteiger partial charge in [-0.3, -0.25) is 9.59 Å². The summed E-state index contributed by atoms with van der Waals surface area (Å²) in [7, 11) is 0. The van der Waals surface area contributed by atoms with E-state index >= 15 is 0 Å². The Morgan fingerprint density at radius 3 is 1.28 bits per heavy atom. The van der Waals surface area contributed by atoms with E-state index in [1.165, 1.54) is 46.2 Å². The molecular weight excluding hydrogens is 806 g/mol. The van der Waals surface area contributed by atoms with Crippen LogP contribution in [-0.2, 0) is 61.3 Å². The number of nitrogens with zero attached hydrogens (tertiary/aromatic N) is 2. The van der Waals surface area contributed by atoms with Gasteiger partial charge in [0.2, 0.25) is 0 Å². The Labute approximate surface area is 335 Å². The summed E-state index contributed by atoms with van der Waals surface area (Å²) >= 11 is 5.64. The number of carbonyl (C=O) groups excluding carboxylic acids is 4. The van der Waals surface area contributed by atoms with Crippen molar-refractivity contribution in [3.8, 4) is 0 Å². The van der Waals surface area contributed by atoms with Crippen molar-refractivity contribution in [3.05, 3.63) is 120 Å². The monoisotopic (exact) mass is 836 g/mol. The van der Waals surface area contributed by atoms with Crippen LogP contribution in [0.5, 0.6) is 0 Å². The van der Waals surface area contributed by atoms with Crippen molar-refractivity contribution in [2.75, 3.05) is 11.5 Å². The smallest absolute Gasteiger partial charge is 0.550 e. The number of hydrogen-bond donors (Lipinski definition) is 0. The summed E-state index contributed by atoms with van der Waals surface area (Å²) in [4.78, 5) is 55.5. The number of para-hydroxylation sites is 2. The van der Waals surface area contributed by atoms with E-state index in [1.807, 2.05) is 109 Å². The predicted octanol–water partition coefficient (Wildman–Crippen LogP) is 5.77. The van der Waals surface area contributed by atoms with E-state index in [-0.39, 0.29) is 57.0 Å². The van der Waals surface area contributed by atoms with Crippen LogP contribution in [0.3, 0.4) is 0 Å². The molecule has 2 aromatic heterocycles. The van der Waals surface area contributed by atoms with Gasteiger partial charge in [-0.2, -0.15) is 0 Å². The van der Waals surface area contributed by atoms with E-state index in [9.17, 15) is 29.4 Å². The molecule has 10 nitrogen and oxygen atoms in total. The molecule has 0 radical (unpaired) electrons. The van der Waals surface area contributed by atoms with E-state index in [2.05, 4.69) is 9.97 Å². The molecule has 0 N–H and O–H groups in total. The van der Waals surface area contributed by atoms with Crippen molar-refractivity contribution >= 4 is 90.5 Å². The van der Waals surface area contributed by atoms with Crippen molar-refractivity contribution in [2.45, 2.75) is 34.7 Å². The van der Waals surface area contributed by atoms with Gasteiger partial charge >= 0.3 is 31.4 Å². The zero-order valence-electron chi connectivity index (χ0n) is 28.3. The van der Waals surface area contributed by atoms with Gasteiger partial charge in [-0.1, -0.05) is 108 Å². The molecule has 0 saturated carbocycles. The second kappa shape index (κ2) is 21.5. The molecule has 0 saturated heterocycles. The molecule has 0 fully saturated rings. The number of aliphatic carboxylic acids is 2. The molecule has 15 heteroatoms. The molecule has 2 heterocycles. The van der Waals surface area contributed by atoms with Gasteiger partial charge in [-0.15, -0.1) is 22.7 Å². The molecule has 53 heavy (non-hydrogen) atoms. The van der Waals surface area contributed by atoms with Gasteiger partial charge in [0.15, 0.2) is 8.68 Å². The summed E-state index contributed by atoms with van der Waals surface area (Å²) in [5, 5.41) is 22.7. The number of thioether (sulfide) groups is 2. The van der Waals surface area contributed by atoms with Gasteiger partial charge in [0, 0.05) is 35.3 Å². The molecule has 0 aliphatic carbocycles. The molecule has 2 atom stereocenters.